The standard InChI is InChI=1S/C14H24BrN3O/c1-6-17(5)12-7-13(19)18(16-9-12)10-11(8-15)14(2,3)4/h7,9,11H,6,8,10H2,1-5H3. The van der Waals surface area contributed by atoms with E-state index >= 15 is 0 Å². The summed E-state index contributed by atoms with van der Waals surface area (Å²) in [6.07, 6.45) is 1.76. The molecule has 0 bridgehead atoms. The van der Waals surface area contributed by atoms with Crippen LogP contribution in [-0.4, -0.2) is 28.7 Å². The van der Waals surface area contributed by atoms with Gasteiger partial charge < -0.3 is 4.90 Å². The summed E-state index contributed by atoms with van der Waals surface area (Å²) in [5.41, 5.74) is 0.978. The molecule has 0 saturated carbocycles. The summed E-state index contributed by atoms with van der Waals surface area (Å²) in [7, 11) is 1.96. The molecule has 1 rings (SSSR count). The zero-order valence-corrected chi connectivity index (χ0v) is 14.1. The molecule has 1 unspecified atom stereocenters. The Morgan fingerprint density at radius 2 is 2.11 bits per heavy atom. The van der Waals surface area contributed by atoms with Crippen molar-refractivity contribution in [2.24, 2.45) is 11.3 Å². The molecular weight excluding hydrogens is 306 g/mol. The molecule has 0 aliphatic heterocycles. The van der Waals surface area contributed by atoms with Crippen LogP contribution >= 0.6 is 15.9 Å². The first-order valence-electron chi connectivity index (χ1n) is 6.63. The fourth-order valence-corrected chi connectivity index (χ4v) is 2.89. The fraction of sp³-hybridized carbons (Fsp3) is 0.714. The molecule has 0 fully saturated rings. The summed E-state index contributed by atoms with van der Waals surface area (Å²) >= 11 is 3.53. The Labute approximate surface area is 123 Å². The van der Waals surface area contributed by atoms with Gasteiger partial charge in [-0.1, -0.05) is 36.7 Å². The highest BCUT2D eigenvalue weighted by Crippen LogP contribution is 2.28. The van der Waals surface area contributed by atoms with Crippen molar-refractivity contribution in [3.05, 3.63) is 22.6 Å². The number of anilines is 1. The van der Waals surface area contributed by atoms with Crippen LogP contribution in [0.15, 0.2) is 17.1 Å². The lowest BCUT2D eigenvalue weighted by Gasteiger charge is -2.29. The molecule has 1 aromatic heterocycles. The number of hydrogen-bond acceptors (Lipinski definition) is 3. The van der Waals surface area contributed by atoms with Gasteiger partial charge in [0.1, 0.15) is 0 Å². The highest BCUT2D eigenvalue weighted by molar-refractivity contribution is 9.09. The van der Waals surface area contributed by atoms with E-state index in [9.17, 15) is 4.79 Å². The SMILES string of the molecule is CCN(C)c1cnn(CC(CBr)C(C)(C)C)c(=O)c1. The Balaban J connectivity index is 2.95. The van der Waals surface area contributed by atoms with E-state index in [-0.39, 0.29) is 11.0 Å². The van der Waals surface area contributed by atoms with Gasteiger partial charge in [0, 0.05) is 31.5 Å². The Kier molecular flexibility index (Phi) is 5.59. The topological polar surface area (TPSA) is 38.1 Å². The largest absolute Gasteiger partial charge is 0.373 e. The summed E-state index contributed by atoms with van der Waals surface area (Å²) in [5.74, 6) is 0.368. The molecular formula is C14H24BrN3O. The van der Waals surface area contributed by atoms with Gasteiger partial charge in [-0.15, -0.1) is 0 Å². The van der Waals surface area contributed by atoms with Crippen LogP contribution in [0.5, 0.6) is 0 Å². The summed E-state index contributed by atoms with van der Waals surface area (Å²) in [6.45, 7) is 10.1. The summed E-state index contributed by atoms with van der Waals surface area (Å²) in [5, 5.41) is 5.15. The number of hydrogen-bond donors (Lipinski definition) is 0. The van der Waals surface area contributed by atoms with E-state index in [4.69, 9.17) is 0 Å². The van der Waals surface area contributed by atoms with Crippen molar-refractivity contribution in [3.8, 4) is 0 Å². The van der Waals surface area contributed by atoms with Crippen molar-refractivity contribution >= 4 is 21.6 Å². The monoisotopic (exact) mass is 329 g/mol. The zero-order valence-electron chi connectivity index (χ0n) is 12.5. The van der Waals surface area contributed by atoms with Gasteiger partial charge in [-0.2, -0.15) is 5.10 Å². The molecule has 1 atom stereocenters. The molecule has 0 spiro atoms. The molecule has 0 amide bonds. The maximum absolute atomic E-state index is 12.1. The maximum atomic E-state index is 12.1. The lowest BCUT2D eigenvalue weighted by molar-refractivity contribution is 0.228. The maximum Gasteiger partial charge on any atom is 0.268 e. The van der Waals surface area contributed by atoms with Gasteiger partial charge in [-0.05, 0) is 18.3 Å². The van der Waals surface area contributed by atoms with E-state index in [1.54, 1.807) is 16.9 Å². The highest BCUT2D eigenvalue weighted by Gasteiger charge is 2.24. The summed E-state index contributed by atoms with van der Waals surface area (Å²) in [6, 6.07) is 1.66. The van der Waals surface area contributed by atoms with Gasteiger partial charge in [0.2, 0.25) is 0 Å². The van der Waals surface area contributed by atoms with Crippen LogP contribution in [0, 0.1) is 11.3 Å². The second-order valence-electron chi connectivity index (χ2n) is 5.97. The summed E-state index contributed by atoms with van der Waals surface area (Å²) < 4.78 is 1.56. The first-order chi connectivity index (χ1) is 8.79. The summed E-state index contributed by atoms with van der Waals surface area (Å²) in [4.78, 5) is 14.1. The average molecular weight is 330 g/mol. The van der Waals surface area contributed by atoms with Crippen LogP contribution in [0.25, 0.3) is 0 Å². The van der Waals surface area contributed by atoms with Crippen molar-refractivity contribution in [1.29, 1.82) is 0 Å². The Bertz CT molecular complexity index is 464. The van der Waals surface area contributed by atoms with Crippen LogP contribution in [0.3, 0.4) is 0 Å². The number of aromatic nitrogens is 2. The minimum atomic E-state index is -0.0343. The molecule has 0 saturated heterocycles. The van der Waals surface area contributed by atoms with Gasteiger partial charge in [0.15, 0.2) is 0 Å². The van der Waals surface area contributed by atoms with Crippen LogP contribution in [0.4, 0.5) is 5.69 Å². The Hall–Kier alpha value is -0.840. The lowest BCUT2D eigenvalue weighted by atomic mass is 9.82. The normalized spacial score (nSPS) is 13.4. The predicted molar refractivity (Wildman–Crippen MR) is 84.2 cm³/mol. The second kappa shape index (κ2) is 6.55. The van der Waals surface area contributed by atoms with E-state index in [1.807, 2.05) is 18.9 Å². The quantitative estimate of drug-likeness (QED) is 0.779. The van der Waals surface area contributed by atoms with Gasteiger partial charge in [0.25, 0.3) is 5.56 Å². The number of alkyl halides is 1. The van der Waals surface area contributed by atoms with Gasteiger partial charge in [-0.3, -0.25) is 4.79 Å². The molecule has 0 aliphatic rings. The van der Waals surface area contributed by atoms with Crippen molar-refractivity contribution in [2.45, 2.75) is 34.2 Å². The number of rotatable bonds is 5. The first-order valence-corrected chi connectivity index (χ1v) is 7.76. The molecule has 4 nitrogen and oxygen atoms in total. The highest BCUT2D eigenvalue weighted by atomic mass is 79.9. The smallest absolute Gasteiger partial charge is 0.268 e. The van der Waals surface area contributed by atoms with Crippen molar-refractivity contribution in [2.75, 3.05) is 23.8 Å². The lowest BCUT2D eigenvalue weighted by Crippen LogP contribution is -2.33. The first kappa shape index (κ1) is 16.2. The molecule has 19 heavy (non-hydrogen) atoms. The zero-order chi connectivity index (χ0) is 14.6. The van der Waals surface area contributed by atoms with Crippen molar-refractivity contribution < 1.29 is 0 Å². The molecule has 0 radical (unpaired) electrons. The third-order valence-electron chi connectivity index (χ3n) is 3.57. The predicted octanol–water partition coefficient (Wildman–Crippen LogP) is 2.76. The second-order valence-corrected chi connectivity index (χ2v) is 6.61. The minimum absolute atomic E-state index is 0.0343. The molecule has 0 aromatic carbocycles. The minimum Gasteiger partial charge on any atom is -0.373 e. The molecule has 108 valence electrons. The van der Waals surface area contributed by atoms with Gasteiger partial charge in [0.05, 0.1) is 11.9 Å². The molecule has 5 heteroatoms. The van der Waals surface area contributed by atoms with E-state index in [0.717, 1.165) is 17.6 Å². The van der Waals surface area contributed by atoms with Crippen molar-refractivity contribution in [1.82, 2.24) is 9.78 Å². The van der Waals surface area contributed by atoms with E-state index in [0.29, 0.717) is 12.5 Å². The van der Waals surface area contributed by atoms with Crippen molar-refractivity contribution in [3.63, 3.8) is 0 Å². The van der Waals surface area contributed by atoms with E-state index in [2.05, 4.69) is 41.8 Å². The number of nitrogens with zero attached hydrogens (tertiary/aromatic N) is 3. The molecule has 1 aromatic rings. The molecule has 1 heterocycles. The Morgan fingerprint density at radius 1 is 1.47 bits per heavy atom. The van der Waals surface area contributed by atoms with Gasteiger partial charge >= 0.3 is 0 Å². The molecule has 0 aliphatic carbocycles. The average Bonchev–Trinajstić information content (AvgIpc) is 2.34. The number of halogens is 1. The Morgan fingerprint density at radius 3 is 2.53 bits per heavy atom. The van der Waals surface area contributed by atoms with Crippen LogP contribution < -0.4 is 10.5 Å². The van der Waals surface area contributed by atoms with E-state index in [1.165, 1.54) is 0 Å². The third kappa shape index (κ3) is 4.34. The van der Waals surface area contributed by atoms with E-state index < -0.39 is 0 Å². The third-order valence-corrected chi connectivity index (χ3v) is 4.36. The van der Waals surface area contributed by atoms with Crippen LogP contribution in [0.1, 0.15) is 27.7 Å². The van der Waals surface area contributed by atoms with Gasteiger partial charge in [-0.25, -0.2) is 4.68 Å². The fourth-order valence-electron chi connectivity index (χ4n) is 1.72. The van der Waals surface area contributed by atoms with Crippen LogP contribution in [-0.2, 0) is 6.54 Å². The van der Waals surface area contributed by atoms with Crippen LogP contribution in [0.2, 0.25) is 0 Å². The molecule has 0 N–H and O–H groups in total.